The number of hydrogen-bond acceptors (Lipinski definition) is 4. The van der Waals surface area contributed by atoms with Gasteiger partial charge in [0.25, 0.3) is 0 Å². The highest BCUT2D eigenvalue weighted by molar-refractivity contribution is 5.85. The molecular weight excluding hydrogens is 364 g/mol. The van der Waals surface area contributed by atoms with Gasteiger partial charge >= 0.3 is 5.97 Å². The third-order valence-corrected chi connectivity index (χ3v) is 5.34. The first kappa shape index (κ1) is 23.4. The molecule has 1 aliphatic rings. The van der Waals surface area contributed by atoms with E-state index in [0.29, 0.717) is 17.8 Å². The van der Waals surface area contributed by atoms with E-state index in [1.54, 1.807) is 0 Å². The van der Waals surface area contributed by atoms with Gasteiger partial charge in [-0.1, -0.05) is 57.5 Å². The molecule has 27 heavy (non-hydrogen) atoms. The standard InChI is InChI=1S/C21H32N2O3.ClH/c1-14(2)17-10-9-15(3)11-19(17)26-21(25)12-18(23-20(24)13-22)16-7-5-4-6-8-16;/h4-8,14-15,17-19H,9-13,22H2,1-3H3,(H,23,24);1H/t15-,17-,18-,19-;/m1./s1. The zero-order chi connectivity index (χ0) is 19.1. The van der Waals surface area contributed by atoms with Gasteiger partial charge in [-0.2, -0.15) is 0 Å². The van der Waals surface area contributed by atoms with Crippen LogP contribution in [-0.4, -0.2) is 24.5 Å². The van der Waals surface area contributed by atoms with Crippen molar-refractivity contribution < 1.29 is 14.3 Å². The van der Waals surface area contributed by atoms with Crippen LogP contribution in [-0.2, 0) is 14.3 Å². The van der Waals surface area contributed by atoms with Gasteiger partial charge in [-0.3, -0.25) is 9.59 Å². The van der Waals surface area contributed by atoms with Crippen LogP contribution in [0.2, 0.25) is 0 Å². The zero-order valence-corrected chi connectivity index (χ0v) is 17.3. The summed E-state index contributed by atoms with van der Waals surface area (Å²) in [5, 5.41) is 2.83. The van der Waals surface area contributed by atoms with E-state index in [1.807, 2.05) is 30.3 Å². The summed E-state index contributed by atoms with van der Waals surface area (Å²) >= 11 is 0. The van der Waals surface area contributed by atoms with Gasteiger partial charge in [-0.25, -0.2) is 0 Å². The van der Waals surface area contributed by atoms with Gasteiger partial charge in [0.1, 0.15) is 6.10 Å². The first-order chi connectivity index (χ1) is 12.4. The van der Waals surface area contributed by atoms with Crippen LogP contribution in [0.15, 0.2) is 30.3 Å². The minimum Gasteiger partial charge on any atom is -0.462 e. The van der Waals surface area contributed by atoms with Gasteiger partial charge in [-0.05, 0) is 36.2 Å². The van der Waals surface area contributed by atoms with Crippen molar-refractivity contribution in [3.05, 3.63) is 35.9 Å². The number of hydrogen-bond donors (Lipinski definition) is 2. The molecule has 0 aliphatic heterocycles. The fourth-order valence-corrected chi connectivity index (χ4v) is 3.82. The molecule has 1 saturated carbocycles. The maximum absolute atomic E-state index is 12.6. The lowest BCUT2D eigenvalue weighted by atomic mass is 9.75. The summed E-state index contributed by atoms with van der Waals surface area (Å²) in [4.78, 5) is 24.4. The van der Waals surface area contributed by atoms with Gasteiger partial charge < -0.3 is 15.8 Å². The number of amides is 1. The van der Waals surface area contributed by atoms with Crippen LogP contribution < -0.4 is 11.1 Å². The molecule has 0 aromatic heterocycles. The number of rotatable bonds is 7. The molecule has 2 rings (SSSR count). The summed E-state index contributed by atoms with van der Waals surface area (Å²) in [6.45, 7) is 6.49. The molecule has 3 N–H and O–H groups in total. The largest absolute Gasteiger partial charge is 0.462 e. The van der Waals surface area contributed by atoms with Crippen molar-refractivity contribution in [2.75, 3.05) is 6.54 Å². The zero-order valence-electron chi connectivity index (χ0n) is 16.5. The number of esters is 1. The lowest BCUT2D eigenvalue weighted by molar-refractivity contribution is -0.156. The molecule has 0 radical (unpaired) electrons. The van der Waals surface area contributed by atoms with Crippen LogP contribution in [0.5, 0.6) is 0 Å². The van der Waals surface area contributed by atoms with Crippen LogP contribution >= 0.6 is 12.4 Å². The smallest absolute Gasteiger partial charge is 0.308 e. The lowest BCUT2D eigenvalue weighted by Crippen LogP contribution is -2.38. The minimum absolute atomic E-state index is 0. The van der Waals surface area contributed by atoms with E-state index in [9.17, 15) is 9.59 Å². The number of ether oxygens (including phenoxy) is 1. The van der Waals surface area contributed by atoms with Gasteiger partial charge in [0, 0.05) is 0 Å². The molecular formula is C21H33ClN2O3. The quantitative estimate of drug-likeness (QED) is 0.689. The molecule has 0 spiro atoms. The van der Waals surface area contributed by atoms with Crippen LogP contribution in [0.25, 0.3) is 0 Å². The van der Waals surface area contributed by atoms with Gasteiger partial charge in [0.15, 0.2) is 0 Å². The maximum Gasteiger partial charge on any atom is 0.308 e. The predicted molar refractivity (Wildman–Crippen MR) is 109 cm³/mol. The maximum atomic E-state index is 12.6. The fourth-order valence-electron chi connectivity index (χ4n) is 3.82. The minimum atomic E-state index is -0.418. The van der Waals surface area contributed by atoms with Gasteiger partial charge in [-0.15, -0.1) is 12.4 Å². The molecule has 152 valence electrons. The number of benzene rings is 1. The van der Waals surface area contributed by atoms with E-state index in [4.69, 9.17) is 10.5 Å². The Morgan fingerprint density at radius 2 is 1.89 bits per heavy atom. The molecule has 0 saturated heterocycles. The Hall–Kier alpha value is -1.59. The normalized spacial score (nSPS) is 23.2. The molecule has 1 aromatic rings. The average Bonchev–Trinajstić information content (AvgIpc) is 2.61. The van der Waals surface area contributed by atoms with Crippen molar-refractivity contribution in [3.8, 4) is 0 Å². The highest BCUT2D eigenvalue weighted by Crippen LogP contribution is 2.35. The Balaban J connectivity index is 0.00000364. The van der Waals surface area contributed by atoms with E-state index in [2.05, 4.69) is 26.1 Å². The Kier molecular flexibility index (Phi) is 9.81. The first-order valence-corrected chi connectivity index (χ1v) is 9.64. The summed E-state index contributed by atoms with van der Waals surface area (Å²) in [6.07, 6.45) is 3.29. The van der Waals surface area contributed by atoms with Crippen LogP contribution in [0, 0.1) is 17.8 Å². The number of halogens is 1. The van der Waals surface area contributed by atoms with E-state index in [0.717, 1.165) is 18.4 Å². The fraction of sp³-hybridized carbons (Fsp3) is 0.619. The monoisotopic (exact) mass is 396 g/mol. The molecule has 1 fully saturated rings. The van der Waals surface area contributed by atoms with Crippen molar-refractivity contribution in [1.82, 2.24) is 5.32 Å². The molecule has 0 bridgehead atoms. The molecule has 6 heteroatoms. The molecule has 4 atom stereocenters. The van der Waals surface area contributed by atoms with Crippen molar-refractivity contribution in [2.24, 2.45) is 23.5 Å². The second-order valence-corrected chi connectivity index (χ2v) is 7.79. The molecule has 0 heterocycles. The highest BCUT2D eigenvalue weighted by Gasteiger charge is 2.34. The predicted octanol–water partition coefficient (Wildman–Crippen LogP) is 3.62. The molecule has 0 unspecified atom stereocenters. The summed E-state index contributed by atoms with van der Waals surface area (Å²) in [5.74, 6) is 0.926. The van der Waals surface area contributed by atoms with E-state index >= 15 is 0 Å². The molecule has 1 aliphatic carbocycles. The topological polar surface area (TPSA) is 81.4 Å². The van der Waals surface area contributed by atoms with Crippen LogP contribution in [0.1, 0.15) is 58.1 Å². The Morgan fingerprint density at radius 3 is 2.48 bits per heavy atom. The SMILES string of the molecule is CC(C)[C@H]1CC[C@@H](C)C[C@H]1OC(=O)C[C@@H](NC(=O)CN)c1ccccc1.Cl. The lowest BCUT2D eigenvalue weighted by Gasteiger charge is -2.37. The van der Waals surface area contributed by atoms with Gasteiger partial charge in [0.2, 0.25) is 5.91 Å². The second kappa shape index (κ2) is 11.3. The number of nitrogens with one attached hydrogen (secondary N) is 1. The average molecular weight is 397 g/mol. The summed E-state index contributed by atoms with van der Waals surface area (Å²) in [7, 11) is 0. The molecule has 5 nitrogen and oxygen atoms in total. The number of carbonyl (C=O) groups excluding carboxylic acids is 2. The van der Waals surface area contributed by atoms with Crippen molar-refractivity contribution >= 4 is 24.3 Å². The summed E-state index contributed by atoms with van der Waals surface area (Å²) < 4.78 is 5.88. The number of nitrogens with two attached hydrogens (primary N) is 1. The Bertz CT molecular complexity index is 594. The van der Waals surface area contributed by atoms with Crippen LogP contribution in [0.4, 0.5) is 0 Å². The molecule has 1 amide bonds. The third-order valence-electron chi connectivity index (χ3n) is 5.34. The Morgan fingerprint density at radius 1 is 1.22 bits per heavy atom. The van der Waals surface area contributed by atoms with Crippen molar-refractivity contribution in [2.45, 2.75) is 58.6 Å². The van der Waals surface area contributed by atoms with Gasteiger partial charge in [0.05, 0.1) is 19.0 Å². The Labute approximate surface area is 168 Å². The van der Waals surface area contributed by atoms with Crippen LogP contribution in [0.3, 0.4) is 0 Å². The second-order valence-electron chi connectivity index (χ2n) is 7.79. The summed E-state index contributed by atoms with van der Waals surface area (Å²) in [5.41, 5.74) is 6.30. The van der Waals surface area contributed by atoms with E-state index in [1.165, 1.54) is 6.42 Å². The van der Waals surface area contributed by atoms with Crippen molar-refractivity contribution in [1.29, 1.82) is 0 Å². The highest BCUT2D eigenvalue weighted by atomic mass is 35.5. The first-order valence-electron chi connectivity index (χ1n) is 9.64. The summed E-state index contributed by atoms with van der Waals surface area (Å²) in [6, 6.07) is 9.06. The van der Waals surface area contributed by atoms with E-state index < -0.39 is 6.04 Å². The number of carbonyl (C=O) groups is 2. The van der Waals surface area contributed by atoms with E-state index in [-0.39, 0.29) is 43.4 Å². The third kappa shape index (κ3) is 7.15. The van der Waals surface area contributed by atoms with Crippen molar-refractivity contribution in [3.63, 3.8) is 0 Å². The molecule has 1 aromatic carbocycles.